The van der Waals surface area contributed by atoms with Gasteiger partial charge < -0.3 is 10.5 Å². The molecular formula is C5H12ClNO. The van der Waals surface area contributed by atoms with E-state index >= 15 is 0 Å². The molecule has 3 heteroatoms. The van der Waals surface area contributed by atoms with Crippen molar-refractivity contribution in [3.05, 3.63) is 0 Å². The Bertz CT molecular complexity index is 54.4. The molecule has 8 heavy (non-hydrogen) atoms. The van der Waals surface area contributed by atoms with E-state index in [9.17, 15) is 0 Å². The van der Waals surface area contributed by atoms with Crippen LogP contribution in [0.1, 0.15) is 12.8 Å². The van der Waals surface area contributed by atoms with Crippen LogP contribution < -0.4 is 5.73 Å². The molecule has 1 aliphatic heterocycles. The highest BCUT2D eigenvalue weighted by molar-refractivity contribution is 5.85. The first kappa shape index (κ1) is 8.21. The molecule has 1 heterocycles. The summed E-state index contributed by atoms with van der Waals surface area (Å²) in [5.74, 6) is 0. The summed E-state index contributed by atoms with van der Waals surface area (Å²) in [6, 6.07) is 0. The molecule has 2 nitrogen and oxygen atoms in total. The Kier molecular flexibility index (Phi) is 4.23. The van der Waals surface area contributed by atoms with Gasteiger partial charge >= 0.3 is 0 Å². The molecule has 0 aromatic rings. The minimum Gasteiger partial charge on any atom is -0.377 e. The van der Waals surface area contributed by atoms with E-state index in [0.717, 1.165) is 13.0 Å². The van der Waals surface area contributed by atoms with E-state index in [0.29, 0.717) is 12.6 Å². The van der Waals surface area contributed by atoms with E-state index < -0.39 is 0 Å². The van der Waals surface area contributed by atoms with E-state index in [2.05, 4.69) is 0 Å². The highest BCUT2D eigenvalue weighted by atomic mass is 35.5. The second kappa shape index (κ2) is 4.13. The zero-order chi connectivity index (χ0) is 5.11. The van der Waals surface area contributed by atoms with Crippen LogP contribution in [-0.4, -0.2) is 19.3 Å². The van der Waals surface area contributed by atoms with Crippen LogP contribution in [0.4, 0.5) is 0 Å². The van der Waals surface area contributed by atoms with Crippen LogP contribution >= 0.6 is 12.4 Å². The van der Waals surface area contributed by atoms with E-state index in [1.165, 1.54) is 6.42 Å². The Morgan fingerprint density at radius 3 is 2.62 bits per heavy atom. The standard InChI is InChI=1S/C5H11NO.ClH/c6-4-5-2-1-3-7-5;/h5H,1-4,6H2;1H/t5-;/m0./s1. The van der Waals surface area contributed by atoms with Gasteiger partial charge in [0.05, 0.1) is 6.10 Å². The molecule has 1 aliphatic rings. The minimum atomic E-state index is 0. The summed E-state index contributed by atoms with van der Waals surface area (Å²) in [4.78, 5) is 0. The zero-order valence-corrected chi connectivity index (χ0v) is 5.62. The summed E-state index contributed by atoms with van der Waals surface area (Å²) in [6.07, 6.45) is 2.73. The maximum absolute atomic E-state index is 5.31. The first-order valence-corrected chi connectivity index (χ1v) is 2.75. The van der Waals surface area contributed by atoms with Crippen molar-refractivity contribution in [2.24, 2.45) is 5.73 Å². The van der Waals surface area contributed by atoms with Crippen molar-refractivity contribution < 1.29 is 4.74 Å². The lowest BCUT2D eigenvalue weighted by atomic mass is 10.2. The summed E-state index contributed by atoms with van der Waals surface area (Å²) in [5.41, 5.74) is 5.31. The fraction of sp³-hybridized carbons (Fsp3) is 1.00. The van der Waals surface area contributed by atoms with Gasteiger partial charge in [0.2, 0.25) is 0 Å². The van der Waals surface area contributed by atoms with Gasteiger partial charge in [-0.3, -0.25) is 0 Å². The van der Waals surface area contributed by atoms with E-state index in [1.54, 1.807) is 0 Å². The molecule has 1 fully saturated rings. The van der Waals surface area contributed by atoms with Gasteiger partial charge in [0.25, 0.3) is 0 Å². The van der Waals surface area contributed by atoms with Crippen LogP contribution in [0.5, 0.6) is 0 Å². The average molecular weight is 138 g/mol. The van der Waals surface area contributed by atoms with Crippen LogP contribution in [0.25, 0.3) is 0 Å². The second-order valence-corrected chi connectivity index (χ2v) is 1.87. The van der Waals surface area contributed by atoms with Gasteiger partial charge in [0.1, 0.15) is 0 Å². The molecule has 0 aromatic carbocycles. The SMILES string of the molecule is Cl.NC[C@@H]1CCCO1. The second-order valence-electron chi connectivity index (χ2n) is 1.87. The van der Waals surface area contributed by atoms with Crippen molar-refractivity contribution >= 4 is 12.4 Å². The van der Waals surface area contributed by atoms with Crippen LogP contribution in [-0.2, 0) is 4.74 Å². The third-order valence-electron chi connectivity index (χ3n) is 1.29. The molecule has 1 saturated heterocycles. The van der Waals surface area contributed by atoms with Crippen molar-refractivity contribution in [2.75, 3.05) is 13.2 Å². The molecule has 2 N–H and O–H groups in total. The third kappa shape index (κ3) is 1.99. The summed E-state index contributed by atoms with van der Waals surface area (Å²) in [5, 5.41) is 0. The fourth-order valence-electron chi connectivity index (χ4n) is 0.830. The normalized spacial score (nSPS) is 27.4. The van der Waals surface area contributed by atoms with Crippen LogP contribution in [0, 0.1) is 0 Å². The predicted molar refractivity (Wildman–Crippen MR) is 35.3 cm³/mol. The van der Waals surface area contributed by atoms with Crippen molar-refractivity contribution in [3.8, 4) is 0 Å². The maximum atomic E-state index is 5.31. The molecule has 50 valence electrons. The van der Waals surface area contributed by atoms with Gasteiger partial charge in [0, 0.05) is 13.2 Å². The van der Waals surface area contributed by atoms with Crippen molar-refractivity contribution in [1.29, 1.82) is 0 Å². The molecule has 0 aliphatic carbocycles. The first-order chi connectivity index (χ1) is 3.43. The quantitative estimate of drug-likeness (QED) is 0.573. The maximum Gasteiger partial charge on any atom is 0.0698 e. The number of rotatable bonds is 1. The first-order valence-electron chi connectivity index (χ1n) is 2.75. The monoisotopic (exact) mass is 137 g/mol. The van der Waals surface area contributed by atoms with Crippen molar-refractivity contribution in [2.45, 2.75) is 18.9 Å². The van der Waals surface area contributed by atoms with E-state index in [1.807, 2.05) is 0 Å². The molecule has 0 bridgehead atoms. The lowest BCUT2D eigenvalue weighted by Gasteiger charge is -2.01. The fourth-order valence-corrected chi connectivity index (χ4v) is 0.830. The van der Waals surface area contributed by atoms with Gasteiger partial charge in [0.15, 0.2) is 0 Å². The Morgan fingerprint density at radius 2 is 2.38 bits per heavy atom. The zero-order valence-electron chi connectivity index (χ0n) is 4.80. The molecule has 1 atom stereocenters. The highest BCUT2D eigenvalue weighted by Gasteiger charge is 2.11. The lowest BCUT2D eigenvalue weighted by molar-refractivity contribution is 0.117. The number of hydrogen-bond donors (Lipinski definition) is 1. The summed E-state index contributed by atoms with van der Waals surface area (Å²) in [6.45, 7) is 1.61. The lowest BCUT2D eigenvalue weighted by Crippen LogP contribution is -2.17. The smallest absolute Gasteiger partial charge is 0.0698 e. The average Bonchev–Trinajstić information content (AvgIpc) is 2.14. The molecule has 0 radical (unpaired) electrons. The molecule has 0 amide bonds. The van der Waals surface area contributed by atoms with Gasteiger partial charge in [-0.15, -0.1) is 12.4 Å². The molecule has 1 rings (SSSR count). The molecular weight excluding hydrogens is 126 g/mol. The highest BCUT2D eigenvalue weighted by Crippen LogP contribution is 2.09. The van der Waals surface area contributed by atoms with Crippen molar-refractivity contribution in [1.82, 2.24) is 0 Å². The molecule has 0 spiro atoms. The molecule has 0 saturated carbocycles. The van der Waals surface area contributed by atoms with Crippen LogP contribution in [0.2, 0.25) is 0 Å². The predicted octanol–water partition coefficient (Wildman–Crippen LogP) is 0.546. The summed E-state index contributed by atoms with van der Waals surface area (Å²) < 4.78 is 5.18. The van der Waals surface area contributed by atoms with Crippen LogP contribution in [0.15, 0.2) is 0 Å². The Morgan fingerprint density at radius 1 is 1.62 bits per heavy atom. The summed E-state index contributed by atoms with van der Waals surface area (Å²) in [7, 11) is 0. The number of halogens is 1. The number of hydrogen-bond acceptors (Lipinski definition) is 2. The van der Waals surface area contributed by atoms with Crippen LogP contribution in [0.3, 0.4) is 0 Å². The van der Waals surface area contributed by atoms with Gasteiger partial charge in [-0.1, -0.05) is 0 Å². The van der Waals surface area contributed by atoms with Crippen molar-refractivity contribution in [3.63, 3.8) is 0 Å². The largest absolute Gasteiger partial charge is 0.377 e. The Hall–Kier alpha value is 0.210. The molecule has 0 unspecified atom stereocenters. The van der Waals surface area contributed by atoms with Gasteiger partial charge in [-0.05, 0) is 12.8 Å². The third-order valence-corrected chi connectivity index (χ3v) is 1.29. The summed E-state index contributed by atoms with van der Waals surface area (Å²) >= 11 is 0. The number of nitrogens with two attached hydrogens (primary N) is 1. The van der Waals surface area contributed by atoms with Gasteiger partial charge in [-0.25, -0.2) is 0 Å². The number of ether oxygens (including phenoxy) is 1. The van der Waals surface area contributed by atoms with E-state index in [-0.39, 0.29) is 12.4 Å². The topological polar surface area (TPSA) is 35.2 Å². The van der Waals surface area contributed by atoms with E-state index in [4.69, 9.17) is 10.5 Å². The Labute approximate surface area is 55.8 Å². The minimum absolute atomic E-state index is 0. The Balaban J connectivity index is 0.000000490. The van der Waals surface area contributed by atoms with Gasteiger partial charge in [-0.2, -0.15) is 0 Å². The molecule has 0 aromatic heterocycles.